The molecular formula is C16H31ClN2O2. The summed E-state index contributed by atoms with van der Waals surface area (Å²) in [5.74, 6) is 1.16. The molecule has 1 heterocycles. The van der Waals surface area contributed by atoms with E-state index in [0.717, 1.165) is 38.4 Å². The summed E-state index contributed by atoms with van der Waals surface area (Å²) in [6.45, 7) is 4.85. The van der Waals surface area contributed by atoms with Crippen molar-refractivity contribution >= 4 is 18.3 Å². The van der Waals surface area contributed by atoms with Crippen LogP contribution in [-0.4, -0.2) is 49.7 Å². The van der Waals surface area contributed by atoms with Crippen LogP contribution in [0.25, 0.3) is 0 Å². The Morgan fingerprint density at radius 3 is 2.24 bits per heavy atom. The Bertz CT molecular complexity index is 299. The molecule has 21 heavy (non-hydrogen) atoms. The van der Waals surface area contributed by atoms with Crippen molar-refractivity contribution < 1.29 is 9.53 Å². The average molecular weight is 319 g/mol. The van der Waals surface area contributed by atoms with E-state index in [1.165, 1.54) is 25.7 Å². The number of amides is 1. The molecule has 2 rings (SSSR count). The topological polar surface area (TPSA) is 41.6 Å². The molecule has 0 radical (unpaired) electrons. The molecule has 1 aliphatic carbocycles. The zero-order valence-electron chi connectivity index (χ0n) is 13.5. The van der Waals surface area contributed by atoms with Gasteiger partial charge in [0.1, 0.15) is 0 Å². The van der Waals surface area contributed by atoms with Crippen molar-refractivity contribution in [2.45, 2.75) is 64.1 Å². The minimum atomic E-state index is 0. The predicted molar refractivity (Wildman–Crippen MR) is 87.9 cm³/mol. The van der Waals surface area contributed by atoms with Crippen LogP contribution in [0.1, 0.15) is 51.9 Å². The summed E-state index contributed by atoms with van der Waals surface area (Å²) < 4.78 is 6.24. The van der Waals surface area contributed by atoms with Crippen molar-refractivity contribution in [3.05, 3.63) is 0 Å². The fourth-order valence-corrected chi connectivity index (χ4v) is 3.27. The smallest absolute Gasteiger partial charge is 0.223 e. The Labute approximate surface area is 135 Å². The summed E-state index contributed by atoms with van der Waals surface area (Å²) in [5, 5.41) is 3.03. The third-order valence-corrected chi connectivity index (χ3v) is 4.73. The van der Waals surface area contributed by atoms with Crippen molar-refractivity contribution in [3.63, 3.8) is 0 Å². The maximum absolute atomic E-state index is 11.9. The van der Waals surface area contributed by atoms with Gasteiger partial charge in [0.25, 0.3) is 0 Å². The molecule has 0 spiro atoms. The van der Waals surface area contributed by atoms with Gasteiger partial charge in [0.2, 0.25) is 5.91 Å². The maximum atomic E-state index is 11.9. The second-order valence-corrected chi connectivity index (χ2v) is 6.45. The second kappa shape index (κ2) is 9.65. The normalized spacial score (nSPS) is 27.2. The van der Waals surface area contributed by atoms with Gasteiger partial charge in [0, 0.05) is 26.1 Å². The van der Waals surface area contributed by atoms with Crippen LogP contribution in [0.4, 0.5) is 0 Å². The van der Waals surface area contributed by atoms with Gasteiger partial charge in [-0.1, -0.05) is 6.92 Å². The van der Waals surface area contributed by atoms with Crippen LogP contribution in [0, 0.1) is 5.92 Å². The first-order chi connectivity index (χ1) is 9.69. The molecule has 0 unspecified atom stereocenters. The van der Waals surface area contributed by atoms with E-state index >= 15 is 0 Å². The van der Waals surface area contributed by atoms with Crippen LogP contribution < -0.4 is 5.32 Å². The molecule has 1 N–H and O–H groups in total. The van der Waals surface area contributed by atoms with Crippen LogP contribution >= 0.6 is 12.4 Å². The quantitative estimate of drug-likeness (QED) is 0.847. The number of hydrogen-bond donors (Lipinski definition) is 1. The van der Waals surface area contributed by atoms with E-state index < -0.39 is 0 Å². The molecule has 0 aromatic rings. The molecule has 0 aromatic heterocycles. The first-order valence-electron chi connectivity index (χ1n) is 8.27. The summed E-state index contributed by atoms with van der Waals surface area (Å²) in [7, 11) is 1.89. The lowest BCUT2D eigenvalue weighted by Crippen LogP contribution is -2.42. The number of nitrogens with zero attached hydrogens (tertiary/aromatic N) is 1. The Kier molecular flexibility index (Phi) is 8.60. The van der Waals surface area contributed by atoms with E-state index in [2.05, 4.69) is 12.2 Å². The van der Waals surface area contributed by atoms with E-state index in [9.17, 15) is 4.79 Å². The zero-order chi connectivity index (χ0) is 14.4. The van der Waals surface area contributed by atoms with Gasteiger partial charge in [-0.15, -0.1) is 12.4 Å². The number of nitrogens with one attached hydrogen (secondary N) is 1. The van der Waals surface area contributed by atoms with Crippen LogP contribution in [0.2, 0.25) is 0 Å². The molecule has 1 amide bonds. The van der Waals surface area contributed by atoms with Crippen LogP contribution in [-0.2, 0) is 9.53 Å². The van der Waals surface area contributed by atoms with Crippen LogP contribution in [0.15, 0.2) is 0 Å². The highest BCUT2D eigenvalue weighted by Crippen LogP contribution is 2.28. The van der Waals surface area contributed by atoms with Gasteiger partial charge in [-0.25, -0.2) is 0 Å². The van der Waals surface area contributed by atoms with E-state index in [1.807, 2.05) is 11.9 Å². The molecular weight excluding hydrogens is 288 g/mol. The first-order valence-corrected chi connectivity index (χ1v) is 8.27. The van der Waals surface area contributed by atoms with Crippen molar-refractivity contribution in [2.24, 2.45) is 5.92 Å². The lowest BCUT2D eigenvalue weighted by Gasteiger charge is -2.35. The molecule has 5 heteroatoms. The molecule has 0 aromatic carbocycles. The highest BCUT2D eigenvalue weighted by atomic mass is 35.5. The lowest BCUT2D eigenvalue weighted by atomic mass is 9.88. The molecule has 4 nitrogen and oxygen atoms in total. The van der Waals surface area contributed by atoms with E-state index in [0.29, 0.717) is 18.6 Å². The number of carbonyl (C=O) groups excluding carboxylic acids is 1. The molecule has 0 bridgehead atoms. The van der Waals surface area contributed by atoms with Gasteiger partial charge >= 0.3 is 0 Å². The van der Waals surface area contributed by atoms with E-state index in [4.69, 9.17) is 4.74 Å². The van der Waals surface area contributed by atoms with E-state index in [-0.39, 0.29) is 18.3 Å². The molecule has 1 saturated carbocycles. The number of halogens is 1. The third-order valence-electron chi connectivity index (χ3n) is 4.73. The van der Waals surface area contributed by atoms with Crippen molar-refractivity contribution in [2.75, 3.05) is 26.7 Å². The Morgan fingerprint density at radius 2 is 1.67 bits per heavy atom. The third kappa shape index (κ3) is 6.13. The fraction of sp³-hybridized carbons (Fsp3) is 0.938. The summed E-state index contributed by atoms with van der Waals surface area (Å²) >= 11 is 0. The van der Waals surface area contributed by atoms with Crippen molar-refractivity contribution in [3.8, 4) is 0 Å². The van der Waals surface area contributed by atoms with E-state index in [1.54, 1.807) is 0 Å². The Hall–Kier alpha value is -0.320. The molecule has 1 saturated heterocycles. The first kappa shape index (κ1) is 18.7. The van der Waals surface area contributed by atoms with Gasteiger partial charge in [-0.05, 0) is 51.5 Å². The summed E-state index contributed by atoms with van der Waals surface area (Å²) in [5.41, 5.74) is 0. The molecule has 124 valence electrons. The fourth-order valence-electron chi connectivity index (χ4n) is 3.27. The highest BCUT2D eigenvalue weighted by molar-refractivity contribution is 5.85. The van der Waals surface area contributed by atoms with Gasteiger partial charge in [-0.2, -0.15) is 0 Å². The van der Waals surface area contributed by atoms with Gasteiger partial charge in [0.05, 0.1) is 12.2 Å². The molecule has 2 fully saturated rings. The van der Waals surface area contributed by atoms with Gasteiger partial charge < -0.3 is 15.0 Å². The molecule has 0 atom stereocenters. The molecule has 2 aliphatic rings. The van der Waals surface area contributed by atoms with Crippen molar-refractivity contribution in [1.29, 1.82) is 0 Å². The number of carbonyl (C=O) groups is 1. The average Bonchev–Trinajstić information content (AvgIpc) is 2.48. The predicted octanol–water partition coefficient (Wildman–Crippen LogP) is 2.60. The number of rotatable bonds is 5. The molecule has 1 aliphatic heterocycles. The minimum absolute atomic E-state index is 0. The summed E-state index contributed by atoms with van der Waals surface area (Å²) in [6.07, 6.45) is 8.56. The Balaban J connectivity index is 0.00000220. The van der Waals surface area contributed by atoms with Gasteiger partial charge in [-0.3, -0.25) is 4.79 Å². The summed E-state index contributed by atoms with van der Waals surface area (Å²) in [6, 6.07) is 0. The van der Waals surface area contributed by atoms with Crippen LogP contribution in [0.5, 0.6) is 0 Å². The summed E-state index contributed by atoms with van der Waals surface area (Å²) in [4.78, 5) is 13.9. The number of ether oxygens (including phenoxy) is 1. The monoisotopic (exact) mass is 318 g/mol. The zero-order valence-corrected chi connectivity index (χ0v) is 14.3. The number of likely N-dealkylation sites (tertiary alicyclic amines) is 1. The largest absolute Gasteiger partial charge is 0.375 e. The lowest BCUT2D eigenvalue weighted by molar-refractivity contribution is -0.135. The second-order valence-electron chi connectivity index (χ2n) is 6.45. The maximum Gasteiger partial charge on any atom is 0.223 e. The number of hydrogen-bond acceptors (Lipinski definition) is 3. The minimum Gasteiger partial charge on any atom is -0.375 e. The van der Waals surface area contributed by atoms with Crippen molar-refractivity contribution in [1.82, 2.24) is 10.2 Å². The van der Waals surface area contributed by atoms with Gasteiger partial charge in [0.15, 0.2) is 0 Å². The SMILES string of the molecule is CNCCC(=O)N1CCC(OC2CCC(C)CC2)CC1.Cl. The van der Waals surface area contributed by atoms with Crippen LogP contribution in [0.3, 0.4) is 0 Å². The standard InChI is InChI=1S/C16H30N2O2.ClH/c1-13-3-5-14(6-4-13)20-15-8-11-18(12-9-15)16(19)7-10-17-2;/h13-15,17H,3-12H2,1-2H3;1H. The number of piperidine rings is 1. The Morgan fingerprint density at radius 1 is 1.10 bits per heavy atom. The highest BCUT2D eigenvalue weighted by Gasteiger charge is 2.26.